The number of carbonyl (C=O) groups excluding carboxylic acids is 1. The van der Waals surface area contributed by atoms with Crippen molar-refractivity contribution in [2.45, 2.75) is 31.8 Å². The smallest absolute Gasteiger partial charge is 0.393 e. The Bertz CT molecular complexity index is 324. The van der Waals surface area contributed by atoms with Gasteiger partial charge in [-0.15, -0.1) is 0 Å². The molecule has 0 aromatic rings. The van der Waals surface area contributed by atoms with Crippen molar-refractivity contribution in [3.05, 3.63) is 0 Å². The van der Waals surface area contributed by atoms with Gasteiger partial charge in [0.25, 0.3) is 0 Å². The Morgan fingerprint density at radius 2 is 1.68 bits per heavy atom. The third-order valence-corrected chi connectivity index (χ3v) is 3.12. The molecule has 0 bridgehead atoms. The highest BCUT2D eigenvalue weighted by molar-refractivity contribution is 5.80. The fraction of sp³-hybridized carbons (Fsp3) is 0.900. The fourth-order valence-electron chi connectivity index (χ4n) is 2.03. The first-order valence-corrected chi connectivity index (χ1v) is 5.55. The maximum absolute atomic E-state index is 12.4. The number of amides is 1. The number of nitrogens with zero attached hydrogens (tertiary/aromatic N) is 1. The highest BCUT2D eigenvalue weighted by Crippen LogP contribution is 2.41. The molecule has 9 heteroatoms. The molecule has 112 valence electrons. The number of hydrogen-bond donors (Lipinski definition) is 1. The molecule has 2 unspecified atom stereocenters. The summed E-state index contributed by atoms with van der Waals surface area (Å²) >= 11 is 0. The Labute approximate surface area is 105 Å². The molecule has 3 nitrogen and oxygen atoms in total. The van der Waals surface area contributed by atoms with Crippen molar-refractivity contribution >= 4 is 5.91 Å². The predicted octanol–water partition coefficient (Wildman–Crippen LogP) is 1.96. The Kier molecular flexibility index (Phi) is 4.38. The van der Waals surface area contributed by atoms with Crippen molar-refractivity contribution in [2.75, 3.05) is 13.1 Å². The molecule has 1 fully saturated rings. The molecule has 0 spiro atoms. The van der Waals surface area contributed by atoms with Gasteiger partial charge in [-0.2, -0.15) is 26.3 Å². The van der Waals surface area contributed by atoms with Gasteiger partial charge in [-0.25, -0.2) is 0 Å². The summed E-state index contributed by atoms with van der Waals surface area (Å²) in [5.41, 5.74) is 0. The molecule has 2 atom stereocenters. The van der Waals surface area contributed by atoms with E-state index in [9.17, 15) is 36.2 Å². The second-order valence-electron chi connectivity index (χ2n) is 4.59. The van der Waals surface area contributed by atoms with Crippen molar-refractivity contribution in [1.82, 2.24) is 4.90 Å². The number of rotatable bonds is 2. The van der Waals surface area contributed by atoms with Crippen molar-refractivity contribution in [3.8, 4) is 0 Å². The van der Waals surface area contributed by atoms with Crippen LogP contribution in [0.2, 0.25) is 0 Å². The van der Waals surface area contributed by atoms with Crippen LogP contribution in [0, 0.1) is 11.8 Å². The zero-order valence-corrected chi connectivity index (χ0v) is 9.92. The minimum Gasteiger partial charge on any atom is -0.393 e. The van der Waals surface area contributed by atoms with Crippen molar-refractivity contribution in [1.29, 1.82) is 0 Å². The fourth-order valence-corrected chi connectivity index (χ4v) is 2.03. The molecule has 1 saturated heterocycles. The first kappa shape index (κ1) is 16.1. The van der Waals surface area contributed by atoms with Crippen LogP contribution in [0.25, 0.3) is 0 Å². The summed E-state index contributed by atoms with van der Waals surface area (Å²) in [4.78, 5) is 11.9. The molecule has 0 aliphatic carbocycles. The van der Waals surface area contributed by atoms with Crippen molar-refractivity contribution in [3.63, 3.8) is 0 Å². The van der Waals surface area contributed by atoms with E-state index in [1.807, 2.05) is 0 Å². The van der Waals surface area contributed by atoms with E-state index in [-0.39, 0.29) is 19.5 Å². The van der Waals surface area contributed by atoms with Gasteiger partial charge in [0.1, 0.15) is 0 Å². The van der Waals surface area contributed by atoms with Crippen molar-refractivity contribution < 1.29 is 36.2 Å². The quantitative estimate of drug-likeness (QED) is 0.791. The van der Waals surface area contributed by atoms with E-state index in [4.69, 9.17) is 0 Å². The predicted molar refractivity (Wildman–Crippen MR) is 52.0 cm³/mol. The van der Waals surface area contributed by atoms with Crippen LogP contribution in [0.15, 0.2) is 0 Å². The minimum atomic E-state index is -5.67. The van der Waals surface area contributed by atoms with Crippen LogP contribution in [0.5, 0.6) is 0 Å². The largest absolute Gasteiger partial charge is 0.409 e. The topological polar surface area (TPSA) is 40.5 Å². The maximum Gasteiger partial charge on any atom is 0.409 e. The van der Waals surface area contributed by atoms with E-state index < -0.39 is 36.2 Å². The molecule has 1 N–H and O–H groups in total. The van der Waals surface area contributed by atoms with Crippen LogP contribution in [0.3, 0.4) is 0 Å². The van der Waals surface area contributed by atoms with E-state index in [2.05, 4.69) is 0 Å². The second-order valence-corrected chi connectivity index (χ2v) is 4.59. The lowest BCUT2D eigenvalue weighted by Crippen LogP contribution is -2.49. The monoisotopic (exact) mass is 293 g/mol. The molecule has 1 heterocycles. The Balaban J connectivity index is 2.86. The summed E-state index contributed by atoms with van der Waals surface area (Å²) in [5.74, 6) is -6.48. The lowest BCUT2D eigenvalue weighted by Gasteiger charge is -2.27. The van der Waals surface area contributed by atoms with Gasteiger partial charge in [-0.3, -0.25) is 4.79 Å². The standard InChI is InChI=1S/C10H13F6NO2/c1-5(18)6-2-3-17(4-6)8(19)7(9(11,12)13)10(14,15)16/h5-7,18H,2-4H2,1H3. The number of aliphatic hydroxyl groups excluding tert-OH is 1. The highest BCUT2D eigenvalue weighted by Gasteiger charge is 2.62. The SMILES string of the molecule is CC(O)C1CCN(C(=O)C(C(F)(F)F)C(F)(F)F)C1. The lowest BCUT2D eigenvalue weighted by molar-refractivity contribution is -0.277. The Morgan fingerprint density at radius 3 is 2.00 bits per heavy atom. The molecule has 0 saturated carbocycles. The van der Waals surface area contributed by atoms with Gasteiger partial charge < -0.3 is 10.0 Å². The second kappa shape index (κ2) is 5.18. The van der Waals surface area contributed by atoms with E-state index in [0.29, 0.717) is 4.90 Å². The van der Waals surface area contributed by atoms with E-state index in [0.717, 1.165) is 0 Å². The Morgan fingerprint density at radius 1 is 1.21 bits per heavy atom. The summed E-state index contributed by atoms with van der Waals surface area (Å²) in [6.07, 6.45) is -12.0. The average molecular weight is 293 g/mol. The molecule has 0 aromatic carbocycles. The molecule has 1 aliphatic heterocycles. The molecular weight excluding hydrogens is 280 g/mol. The van der Waals surface area contributed by atoms with Gasteiger partial charge in [0.2, 0.25) is 11.8 Å². The third-order valence-electron chi connectivity index (χ3n) is 3.12. The summed E-state index contributed by atoms with van der Waals surface area (Å²) in [6.45, 7) is 0.875. The van der Waals surface area contributed by atoms with Gasteiger partial charge in [0, 0.05) is 19.0 Å². The zero-order valence-electron chi connectivity index (χ0n) is 9.92. The summed E-state index contributed by atoms with van der Waals surface area (Å²) in [6, 6.07) is 0. The molecule has 1 rings (SSSR count). The van der Waals surface area contributed by atoms with Gasteiger partial charge >= 0.3 is 12.4 Å². The summed E-state index contributed by atoms with van der Waals surface area (Å²) < 4.78 is 74.2. The first-order valence-electron chi connectivity index (χ1n) is 5.55. The first-order chi connectivity index (χ1) is 8.44. The van der Waals surface area contributed by atoms with Crippen LogP contribution in [-0.2, 0) is 4.79 Å². The number of likely N-dealkylation sites (tertiary alicyclic amines) is 1. The summed E-state index contributed by atoms with van der Waals surface area (Å²) in [7, 11) is 0. The van der Waals surface area contributed by atoms with E-state index in [1.54, 1.807) is 0 Å². The minimum absolute atomic E-state index is 0.186. The highest BCUT2D eigenvalue weighted by atomic mass is 19.4. The lowest BCUT2D eigenvalue weighted by atomic mass is 10.0. The van der Waals surface area contributed by atoms with Gasteiger partial charge in [0.05, 0.1) is 6.10 Å². The number of carbonyl (C=O) groups is 1. The van der Waals surface area contributed by atoms with E-state index in [1.165, 1.54) is 6.92 Å². The van der Waals surface area contributed by atoms with Crippen LogP contribution < -0.4 is 0 Å². The average Bonchev–Trinajstić information content (AvgIpc) is 2.60. The number of alkyl halides is 6. The molecule has 1 aliphatic rings. The van der Waals surface area contributed by atoms with Crippen LogP contribution in [0.1, 0.15) is 13.3 Å². The van der Waals surface area contributed by atoms with Crippen molar-refractivity contribution in [2.24, 2.45) is 11.8 Å². The number of aliphatic hydroxyl groups is 1. The van der Waals surface area contributed by atoms with Crippen LogP contribution in [0.4, 0.5) is 26.3 Å². The summed E-state index contributed by atoms with van der Waals surface area (Å²) in [5, 5.41) is 9.23. The molecule has 1 amide bonds. The molecule has 0 radical (unpaired) electrons. The maximum atomic E-state index is 12.4. The van der Waals surface area contributed by atoms with Gasteiger partial charge in [-0.1, -0.05) is 0 Å². The van der Waals surface area contributed by atoms with E-state index >= 15 is 0 Å². The van der Waals surface area contributed by atoms with Crippen LogP contribution >= 0.6 is 0 Å². The normalized spacial score (nSPS) is 23.0. The number of halogens is 6. The molecule has 0 aromatic heterocycles. The number of hydrogen-bond acceptors (Lipinski definition) is 2. The van der Waals surface area contributed by atoms with Crippen LogP contribution in [-0.4, -0.2) is 47.5 Å². The van der Waals surface area contributed by atoms with Gasteiger partial charge in [-0.05, 0) is 13.3 Å². The Hall–Kier alpha value is -0.990. The molecular formula is C10H13F6NO2. The zero-order chi connectivity index (χ0) is 15.0. The molecule has 19 heavy (non-hydrogen) atoms. The van der Waals surface area contributed by atoms with Gasteiger partial charge in [0.15, 0.2) is 0 Å². The third kappa shape index (κ3) is 3.74.